The summed E-state index contributed by atoms with van der Waals surface area (Å²) in [5.74, 6) is -2.10. The third-order valence-corrected chi connectivity index (χ3v) is 3.52. The largest absolute Gasteiger partial charge is 0.481 e. The molecule has 0 aliphatic carbocycles. The maximum absolute atomic E-state index is 11.5. The Morgan fingerprint density at radius 1 is 1.44 bits per heavy atom. The van der Waals surface area contributed by atoms with Crippen molar-refractivity contribution in [1.29, 1.82) is 0 Å². The molecule has 106 valence electrons. The summed E-state index contributed by atoms with van der Waals surface area (Å²) in [6.07, 6.45) is -1.96. The van der Waals surface area contributed by atoms with E-state index >= 15 is 0 Å². The van der Waals surface area contributed by atoms with Crippen molar-refractivity contribution in [3.63, 3.8) is 0 Å². The molecular formula is C8H16N2O7S. The molecule has 0 heterocycles. The van der Waals surface area contributed by atoms with Crippen LogP contribution in [0.25, 0.3) is 0 Å². The van der Waals surface area contributed by atoms with Crippen LogP contribution in [0.4, 0.5) is 0 Å². The van der Waals surface area contributed by atoms with Gasteiger partial charge in [-0.05, 0) is 0 Å². The van der Waals surface area contributed by atoms with Crippen LogP contribution in [0.3, 0.4) is 0 Å². The van der Waals surface area contributed by atoms with Crippen LogP contribution in [0.15, 0.2) is 0 Å². The second-order valence-corrected chi connectivity index (χ2v) is 5.22. The molecule has 0 aromatic carbocycles. The Hall–Kier alpha value is -1.23. The number of carboxylic acids is 1. The number of hydrogen-bond acceptors (Lipinski definition) is 6. The number of aliphatic carboxylic acids is 1. The number of aliphatic hydroxyl groups excluding tert-OH is 1. The first-order valence-electron chi connectivity index (χ1n) is 4.89. The van der Waals surface area contributed by atoms with Crippen molar-refractivity contribution in [2.75, 3.05) is 27.2 Å². The topological polar surface area (TPSA) is 133 Å². The molecule has 1 unspecified atom stereocenters. The Morgan fingerprint density at radius 3 is 2.44 bits per heavy atom. The number of carboxylic acid groups (broad SMARTS) is 1. The fourth-order valence-corrected chi connectivity index (χ4v) is 1.81. The molecule has 9 nitrogen and oxygen atoms in total. The van der Waals surface area contributed by atoms with E-state index in [2.05, 4.69) is 4.74 Å². The molecule has 3 N–H and O–H groups in total. The first kappa shape index (κ1) is 16.8. The summed E-state index contributed by atoms with van der Waals surface area (Å²) in [5, 5.41) is 17.6. The van der Waals surface area contributed by atoms with Crippen LogP contribution in [-0.4, -0.2) is 68.2 Å². The van der Waals surface area contributed by atoms with Crippen LogP contribution in [0, 0.1) is 0 Å². The zero-order valence-electron chi connectivity index (χ0n) is 9.99. The highest BCUT2D eigenvalue weighted by molar-refractivity contribution is 7.87. The summed E-state index contributed by atoms with van der Waals surface area (Å²) in [6.45, 7) is -0.772. The summed E-state index contributed by atoms with van der Waals surface area (Å²) in [5.41, 5.74) is 0. The van der Waals surface area contributed by atoms with Gasteiger partial charge in [-0.3, -0.25) is 4.79 Å². The SMILES string of the molecule is COC(=O)C(O)CNS(=O)(=O)N(C)CCC(=O)O. The average Bonchev–Trinajstić information content (AvgIpc) is 2.31. The van der Waals surface area contributed by atoms with Crippen molar-refractivity contribution in [2.24, 2.45) is 0 Å². The minimum absolute atomic E-state index is 0.223. The molecule has 0 rings (SSSR count). The standard InChI is InChI=1S/C8H16N2O7S/c1-10(4-3-7(12)13)18(15,16)9-5-6(11)8(14)17-2/h6,9,11H,3-5H2,1-2H3,(H,12,13). The number of carbonyl (C=O) groups is 2. The van der Waals surface area contributed by atoms with Crippen molar-refractivity contribution in [2.45, 2.75) is 12.5 Å². The van der Waals surface area contributed by atoms with E-state index < -0.39 is 34.8 Å². The minimum Gasteiger partial charge on any atom is -0.481 e. The summed E-state index contributed by atoms with van der Waals surface area (Å²) in [6, 6.07) is 0. The van der Waals surface area contributed by atoms with Gasteiger partial charge in [0.15, 0.2) is 6.10 Å². The molecule has 0 fully saturated rings. The fraction of sp³-hybridized carbons (Fsp3) is 0.750. The number of carbonyl (C=O) groups excluding carboxylic acids is 1. The highest BCUT2D eigenvalue weighted by Crippen LogP contribution is 1.97. The van der Waals surface area contributed by atoms with E-state index in [1.165, 1.54) is 7.05 Å². The number of esters is 1. The van der Waals surface area contributed by atoms with Crippen molar-refractivity contribution in [3.05, 3.63) is 0 Å². The van der Waals surface area contributed by atoms with Gasteiger partial charge in [0.1, 0.15) is 0 Å². The number of aliphatic hydroxyl groups is 1. The lowest BCUT2D eigenvalue weighted by atomic mass is 10.4. The molecule has 0 amide bonds. The van der Waals surface area contributed by atoms with Crippen LogP contribution < -0.4 is 4.72 Å². The molecule has 0 aliphatic rings. The number of hydrogen-bond donors (Lipinski definition) is 3. The first-order chi connectivity index (χ1) is 8.20. The van der Waals surface area contributed by atoms with E-state index in [9.17, 15) is 18.0 Å². The molecule has 0 saturated heterocycles. The van der Waals surface area contributed by atoms with Crippen LogP contribution >= 0.6 is 0 Å². The van der Waals surface area contributed by atoms with Crippen LogP contribution in [0.2, 0.25) is 0 Å². The average molecular weight is 284 g/mol. The van der Waals surface area contributed by atoms with Crippen LogP contribution in [0.1, 0.15) is 6.42 Å². The van der Waals surface area contributed by atoms with Gasteiger partial charge in [-0.15, -0.1) is 0 Å². The smallest absolute Gasteiger partial charge is 0.336 e. The molecule has 0 bridgehead atoms. The van der Waals surface area contributed by atoms with Gasteiger partial charge in [-0.25, -0.2) is 4.79 Å². The fourth-order valence-electron chi connectivity index (χ4n) is 0.887. The zero-order valence-corrected chi connectivity index (χ0v) is 10.8. The van der Waals surface area contributed by atoms with Gasteiger partial charge in [-0.1, -0.05) is 0 Å². The van der Waals surface area contributed by atoms with E-state index in [4.69, 9.17) is 10.2 Å². The Kier molecular flexibility index (Phi) is 6.76. The van der Waals surface area contributed by atoms with Gasteiger partial charge in [-0.2, -0.15) is 17.4 Å². The van der Waals surface area contributed by atoms with Crippen molar-refractivity contribution in [1.82, 2.24) is 9.03 Å². The van der Waals surface area contributed by atoms with Gasteiger partial charge < -0.3 is 14.9 Å². The lowest BCUT2D eigenvalue weighted by Crippen LogP contribution is -2.44. The summed E-state index contributed by atoms with van der Waals surface area (Å²) < 4.78 is 30.0. The van der Waals surface area contributed by atoms with Gasteiger partial charge >= 0.3 is 11.9 Å². The number of methoxy groups -OCH3 is 1. The first-order valence-corrected chi connectivity index (χ1v) is 6.33. The summed E-state index contributed by atoms with van der Waals surface area (Å²) in [7, 11) is -1.71. The van der Waals surface area contributed by atoms with Gasteiger partial charge in [0.05, 0.1) is 13.5 Å². The maximum Gasteiger partial charge on any atom is 0.336 e. The van der Waals surface area contributed by atoms with E-state index in [1.54, 1.807) is 0 Å². The third-order valence-electron chi connectivity index (χ3n) is 1.98. The molecule has 0 aliphatic heterocycles. The Labute approximate surface area is 105 Å². The van der Waals surface area contributed by atoms with Crippen molar-refractivity contribution < 1.29 is 33.0 Å². The molecular weight excluding hydrogens is 268 g/mol. The number of nitrogens with zero attached hydrogens (tertiary/aromatic N) is 1. The van der Waals surface area contributed by atoms with E-state index in [0.717, 1.165) is 11.4 Å². The van der Waals surface area contributed by atoms with E-state index in [0.29, 0.717) is 0 Å². The Morgan fingerprint density at radius 2 is 2.00 bits per heavy atom. The molecule has 10 heteroatoms. The number of nitrogens with one attached hydrogen (secondary N) is 1. The highest BCUT2D eigenvalue weighted by Gasteiger charge is 2.22. The lowest BCUT2D eigenvalue weighted by molar-refractivity contribution is -0.149. The van der Waals surface area contributed by atoms with E-state index in [1.807, 2.05) is 4.72 Å². The van der Waals surface area contributed by atoms with Gasteiger partial charge in [0, 0.05) is 20.1 Å². The normalized spacial score (nSPS) is 13.3. The monoisotopic (exact) mass is 284 g/mol. The predicted molar refractivity (Wildman–Crippen MR) is 59.8 cm³/mol. The molecule has 0 spiro atoms. The summed E-state index contributed by atoms with van der Waals surface area (Å²) >= 11 is 0. The Balaban J connectivity index is 4.30. The molecule has 1 atom stereocenters. The van der Waals surface area contributed by atoms with Crippen molar-refractivity contribution in [3.8, 4) is 0 Å². The van der Waals surface area contributed by atoms with Crippen LogP contribution in [-0.2, 0) is 24.5 Å². The molecule has 0 saturated carbocycles. The summed E-state index contributed by atoms with van der Waals surface area (Å²) in [4.78, 5) is 21.1. The second-order valence-electron chi connectivity index (χ2n) is 3.36. The quantitative estimate of drug-likeness (QED) is 0.429. The molecule has 18 heavy (non-hydrogen) atoms. The van der Waals surface area contributed by atoms with E-state index in [-0.39, 0.29) is 13.0 Å². The third kappa shape index (κ3) is 5.91. The molecule has 0 radical (unpaired) electrons. The predicted octanol–water partition coefficient (Wildman–Crippen LogP) is -2.24. The zero-order chi connectivity index (χ0) is 14.3. The second kappa shape index (κ2) is 7.26. The van der Waals surface area contributed by atoms with Crippen LogP contribution in [0.5, 0.6) is 0 Å². The minimum atomic E-state index is -3.94. The molecule has 0 aromatic heterocycles. The maximum atomic E-state index is 11.5. The molecule has 0 aromatic rings. The van der Waals surface area contributed by atoms with Gasteiger partial charge in [0.25, 0.3) is 10.2 Å². The number of rotatable bonds is 8. The lowest BCUT2D eigenvalue weighted by Gasteiger charge is -2.17. The highest BCUT2D eigenvalue weighted by atomic mass is 32.2. The number of ether oxygens (including phenoxy) is 1. The van der Waals surface area contributed by atoms with Crippen molar-refractivity contribution >= 4 is 22.1 Å². The Bertz CT molecular complexity index is 394. The van der Waals surface area contributed by atoms with Gasteiger partial charge in [0.2, 0.25) is 0 Å².